The number of hydrogen-bond acceptors (Lipinski definition) is 7. The van der Waals surface area contributed by atoms with Crippen LogP contribution < -0.4 is 19.9 Å². The van der Waals surface area contributed by atoms with Crippen LogP contribution in [-0.2, 0) is 31.0 Å². The molecule has 11 heteroatoms. The Morgan fingerprint density at radius 1 is 1.03 bits per heavy atom. The second kappa shape index (κ2) is 12.6. The van der Waals surface area contributed by atoms with Crippen LogP contribution in [0.4, 0.5) is 0 Å². The first kappa shape index (κ1) is 27.3. The molecule has 0 unspecified atom stereocenters. The summed E-state index contributed by atoms with van der Waals surface area (Å²) < 4.78 is 19.1. The number of rotatable bonds is 12. The maximum atomic E-state index is 11.1. The maximum Gasteiger partial charge on any atom is 0.320 e. The number of methoxy groups -OCH3 is 1. The molecule has 0 spiro atoms. The normalized spacial score (nSPS) is 11.7. The van der Waals surface area contributed by atoms with Crippen molar-refractivity contribution < 1.29 is 24.1 Å². The second-order valence-electron chi connectivity index (χ2n) is 8.48. The zero-order chi connectivity index (χ0) is 27.1. The standard InChI is InChI=1S/C27H26Cl2N4O5/c1-36-21-7-8-25(37-16-20-14-33(32-31-20)13-17-5-3-2-4-6-17)19(12-21)15-38-26-22(28)9-18(10-23(26)29)11-24(30)27(34)35/h2-10,12,14,24H,11,13,15-16,30H2,1H3,(H,34,35)/t24-/m0/s1. The van der Waals surface area contributed by atoms with Crippen LogP contribution in [0.3, 0.4) is 0 Å². The van der Waals surface area contributed by atoms with Crippen LogP contribution in [0, 0.1) is 0 Å². The zero-order valence-corrected chi connectivity index (χ0v) is 22.0. The van der Waals surface area contributed by atoms with Gasteiger partial charge in [-0.15, -0.1) is 5.10 Å². The van der Waals surface area contributed by atoms with Crippen molar-refractivity contribution in [2.24, 2.45) is 5.73 Å². The summed E-state index contributed by atoms with van der Waals surface area (Å²) in [5.74, 6) is 0.347. The number of benzene rings is 3. The van der Waals surface area contributed by atoms with Crippen molar-refractivity contribution in [2.45, 2.75) is 32.2 Å². The predicted molar refractivity (Wildman–Crippen MR) is 143 cm³/mol. The van der Waals surface area contributed by atoms with Gasteiger partial charge in [-0.1, -0.05) is 58.7 Å². The van der Waals surface area contributed by atoms with Crippen molar-refractivity contribution >= 4 is 29.2 Å². The number of carbonyl (C=O) groups is 1. The molecule has 0 amide bonds. The number of nitrogens with two attached hydrogens (primary N) is 1. The first-order valence-corrected chi connectivity index (χ1v) is 12.4. The Morgan fingerprint density at radius 2 is 1.76 bits per heavy atom. The fraction of sp³-hybridized carbons (Fsp3) is 0.222. The summed E-state index contributed by atoms with van der Waals surface area (Å²) in [5, 5.41) is 17.9. The quantitative estimate of drug-likeness (QED) is 0.256. The van der Waals surface area contributed by atoms with E-state index >= 15 is 0 Å². The predicted octanol–water partition coefficient (Wildman–Crippen LogP) is 4.75. The van der Waals surface area contributed by atoms with E-state index in [1.54, 1.807) is 42.1 Å². The molecule has 198 valence electrons. The Kier molecular flexibility index (Phi) is 9.06. The molecule has 4 aromatic rings. The van der Waals surface area contributed by atoms with Gasteiger partial charge in [0.2, 0.25) is 0 Å². The molecule has 0 aliphatic carbocycles. The summed E-state index contributed by atoms with van der Waals surface area (Å²) in [6, 6.07) is 17.5. The minimum Gasteiger partial charge on any atom is -0.497 e. The van der Waals surface area contributed by atoms with E-state index in [1.165, 1.54) is 0 Å². The van der Waals surface area contributed by atoms with Crippen LogP contribution in [0.15, 0.2) is 66.9 Å². The van der Waals surface area contributed by atoms with Crippen LogP contribution in [0.2, 0.25) is 10.0 Å². The third kappa shape index (κ3) is 7.16. The topological polar surface area (TPSA) is 122 Å². The summed E-state index contributed by atoms with van der Waals surface area (Å²) in [4.78, 5) is 11.1. The summed E-state index contributed by atoms with van der Waals surface area (Å²) in [6.45, 7) is 0.896. The van der Waals surface area contributed by atoms with Gasteiger partial charge in [0.05, 0.1) is 29.9 Å². The third-order valence-electron chi connectivity index (χ3n) is 5.62. The van der Waals surface area contributed by atoms with Crippen molar-refractivity contribution in [3.63, 3.8) is 0 Å². The molecular formula is C27H26Cl2N4O5. The Balaban J connectivity index is 1.44. The van der Waals surface area contributed by atoms with Gasteiger partial charge in [0.25, 0.3) is 0 Å². The molecule has 0 fully saturated rings. The summed E-state index contributed by atoms with van der Waals surface area (Å²) in [5.41, 5.74) is 8.70. The third-order valence-corrected chi connectivity index (χ3v) is 6.18. The van der Waals surface area contributed by atoms with Crippen molar-refractivity contribution in [2.75, 3.05) is 7.11 Å². The van der Waals surface area contributed by atoms with Crippen LogP contribution in [0.25, 0.3) is 0 Å². The lowest BCUT2D eigenvalue weighted by Crippen LogP contribution is -2.32. The van der Waals surface area contributed by atoms with Gasteiger partial charge in [0.15, 0.2) is 5.75 Å². The van der Waals surface area contributed by atoms with Crippen LogP contribution in [0.1, 0.15) is 22.4 Å². The van der Waals surface area contributed by atoms with Gasteiger partial charge in [-0.3, -0.25) is 4.79 Å². The van der Waals surface area contributed by atoms with E-state index in [9.17, 15) is 4.79 Å². The number of carboxylic acids is 1. The Labute approximate surface area is 229 Å². The van der Waals surface area contributed by atoms with Crippen LogP contribution in [-0.4, -0.2) is 39.2 Å². The molecule has 0 radical (unpaired) electrons. The average molecular weight is 557 g/mol. The molecule has 0 aliphatic rings. The SMILES string of the molecule is COc1ccc(OCc2cn(Cc3ccccc3)nn2)c(COc2c(Cl)cc(C[C@H](N)C(=O)O)cc2Cl)c1. The van der Waals surface area contributed by atoms with E-state index in [1.807, 2.05) is 36.5 Å². The molecule has 1 aromatic heterocycles. The van der Waals surface area contributed by atoms with Crippen LogP contribution in [0.5, 0.6) is 17.2 Å². The molecular weight excluding hydrogens is 531 g/mol. The second-order valence-corrected chi connectivity index (χ2v) is 9.30. The van der Waals surface area contributed by atoms with Gasteiger partial charge >= 0.3 is 5.97 Å². The number of nitrogens with zero attached hydrogens (tertiary/aromatic N) is 3. The summed E-state index contributed by atoms with van der Waals surface area (Å²) >= 11 is 12.8. The fourth-order valence-electron chi connectivity index (χ4n) is 3.70. The average Bonchev–Trinajstić information content (AvgIpc) is 3.34. The van der Waals surface area contributed by atoms with E-state index in [-0.39, 0.29) is 35.4 Å². The molecule has 38 heavy (non-hydrogen) atoms. The van der Waals surface area contributed by atoms with Gasteiger partial charge < -0.3 is 25.1 Å². The van der Waals surface area contributed by atoms with Gasteiger partial charge in [0, 0.05) is 5.56 Å². The minimum absolute atomic E-state index is 0.0822. The van der Waals surface area contributed by atoms with Crippen LogP contribution >= 0.6 is 23.2 Å². The minimum atomic E-state index is -1.11. The van der Waals surface area contributed by atoms with Crippen molar-refractivity contribution in [1.82, 2.24) is 15.0 Å². The molecule has 0 saturated heterocycles. The highest BCUT2D eigenvalue weighted by Crippen LogP contribution is 2.36. The van der Waals surface area contributed by atoms with E-state index in [2.05, 4.69) is 10.3 Å². The first-order valence-electron chi connectivity index (χ1n) is 11.6. The first-order chi connectivity index (χ1) is 18.3. The molecule has 1 atom stereocenters. The van der Waals surface area contributed by atoms with E-state index in [0.29, 0.717) is 34.9 Å². The molecule has 9 nitrogen and oxygen atoms in total. The summed E-state index contributed by atoms with van der Waals surface area (Å²) in [7, 11) is 1.57. The number of ether oxygens (including phenoxy) is 3. The molecule has 1 heterocycles. The number of hydrogen-bond donors (Lipinski definition) is 2. The van der Waals surface area contributed by atoms with Gasteiger partial charge in [0.1, 0.15) is 36.4 Å². The van der Waals surface area contributed by atoms with E-state index < -0.39 is 12.0 Å². The Hall–Kier alpha value is -3.79. The maximum absolute atomic E-state index is 11.1. The summed E-state index contributed by atoms with van der Waals surface area (Å²) in [6.07, 6.45) is 1.92. The number of carboxylic acid groups (broad SMARTS) is 1. The lowest BCUT2D eigenvalue weighted by molar-refractivity contribution is -0.138. The molecule has 3 N–H and O–H groups in total. The van der Waals surface area contributed by atoms with Crippen molar-refractivity contribution in [3.05, 3.63) is 99.3 Å². The molecule has 3 aromatic carbocycles. The number of aliphatic carboxylic acids is 1. The Morgan fingerprint density at radius 3 is 2.45 bits per heavy atom. The largest absolute Gasteiger partial charge is 0.497 e. The molecule has 4 rings (SSSR count). The highest BCUT2D eigenvalue weighted by atomic mass is 35.5. The van der Waals surface area contributed by atoms with Crippen molar-refractivity contribution in [1.29, 1.82) is 0 Å². The van der Waals surface area contributed by atoms with E-state index in [0.717, 1.165) is 5.56 Å². The lowest BCUT2D eigenvalue weighted by atomic mass is 10.1. The zero-order valence-electron chi connectivity index (χ0n) is 20.5. The number of halogens is 2. The molecule has 0 aliphatic heterocycles. The highest BCUT2D eigenvalue weighted by molar-refractivity contribution is 6.37. The highest BCUT2D eigenvalue weighted by Gasteiger charge is 2.17. The van der Waals surface area contributed by atoms with Gasteiger partial charge in [-0.05, 0) is 47.9 Å². The smallest absolute Gasteiger partial charge is 0.320 e. The molecule has 0 bridgehead atoms. The lowest BCUT2D eigenvalue weighted by Gasteiger charge is -2.16. The monoisotopic (exact) mass is 556 g/mol. The molecule has 0 saturated carbocycles. The van der Waals surface area contributed by atoms with Gasteiger partial charge in [-0.25, -0.2) is 4.68 Å². The fourth-order valence-corrected chi connectivity index (χ4v) is 4.34. The number of aromatic nitrogens is 3. The Bertz CT molecular complexity index is 1370. The van der Waals surface area contributed by atoms with Crippen molar-refractivity contribution in [3.8, 4) is 17.2 Å². The van der Waals surface area contributed by atoms with Gasteiger partial charge in [-0.2, -0.15) is 0 Å². The van der Waals surface area contributed by atoms with E-state index in [4.69, 9.17) is 48.3 Å².